The Bertz CT molecular complexity index is 362. The molecule has 1 amide bonds. The molecule has 0 spiro atoms. The quantitative estimate of drug-likeness (QED) is 0.465. The van der Waals surface area contributed by atoms with Crippen molar-refractivity contribution < 1.29 is 4.79 Å². The smallest absolute Gasteiger partial charge is 0.222 e. The molecule has 0 saturated carbocycles. The minimum absolute atomic E-state index is 0.0625. The minimum Gasteiger partial charge on any atom is -0.357 e. The minimum atomic E-state index is 0.0625. The Morgan fingerprint density at radius 2 is 1.96 bits per heavy atom. The Labute approximate surface area is 141 Å². The average molecular weight is 326 g/mol. The predicted molar refractivity (Wildman–Crippen MR) is 96.8 cm³/mol. The van der Waals surface area contributed by atoms with Gasteiger partial charge in [-0.2, -0.15) is 0 Å². The van der Waals surface area contributed by atoms with Crippen molar-refractivity contribution in [2.45, 2.75) is 65.5 Å². The second-order valence-corrected chi connectivity index (χ2v) is 6.49. The highest BCUT2D eigenvalue weighted by Gasteiger charge is 2.19. The van der Waals surface area contributed by atoms with Gasteiger partial charge in [0.15, 0.2) is 5.96 Å². The molecule has 1 saturated heterocycles. The number of aliphatic imine (C=N–C) groups is 1. The van der Waals surface area contributed by atoms with Gasteiger partial charge in [0.2, 0.25) is 5.91 Å². The van der Waals surface area contributed by atoms with E-state index in [2.05, 4.69) is 39.7 Å². The molecule has 1 heterocycles. The highest BCUT2D eigenvalue weighted by atomic mass is 16.1. The van der Waals surface area contributed by atoms with E-state index in [0.717, 1.165) is 38.4 Å². The molecule has 0 aliphatic carbocycles. The van der Waals surface area contributed by atoms with Crippen molar-refractivity contribution in [2.75, 3.05) is 32.7 Å². The fourth-order valence-electron chi connectivity index (χ4n) is 2.79. The summed E-state index contributed by atoms with van der Waals surface area (Å²) in [6.07, 6.45) is 3.96. The summed E-state index contributed by atoms with van der Waals surface area (Å²) in [5, 5.41) is 9.68. The van der Waals surface area contributed by atoms with Crippen LogP contribution >= 0.6 is 0 Å². The Kier molecular flexibility index (Phi) is 9.67. The molecule has 134 valence electrons. The van der Waals surface area contributed by atoms with E-state index < -0.39 is 0 Å². The number of piperidine rings is 1. The van der Waals surface area contributed by atoms with E-state index in [0.29, 0.717) is 19.0 Å². The number of amides is 1. The number of carbonyl (C=O) groups excluding carboxylic acids is 1. The molecule has 0 aromatic heterocycles. The first-order chi connectivity index (χ1) is 11.0. The van der Waals surface area contributed by atoms with Crippen molar-refractivity contribution in [1.82, 2.24) is 20.9 Å². The summed E-state index contributed by atoms with van der Waals surface area (Å²) in [4.78, 5) is 18.7. The highest BCUT2D eigenvalue weighted by Crippen LogP contribution is 2.10. The summed E-state index contributed by atoms with van der Waals surface area (Å²) in [6, 6.07) is 0.663. The number of rotatable bonds is 8. The molecule has 0 unspecified atom stereocenters. The van der Waals surface area contributed by atoms with Crippen molar-refractivity contribution in [3.8, 4) is 0 Å². The van der Waals surface area contributed by atoms with Crippen LogP contribution in [0, 0.1) is 0 Å². The van der Waals surface area contributed by atoms with Crippen LogP contribution in [0.3, 0.4) is 0 Å². The Hall–Kier alpha value is -1.30. The number of hydrogen-bond acceptors (Lipinski definition) is 3. The number of carbonyl (C=O) groups is 1. The largest absolute Gasteiger partial charge is 0.357 e. The fourth-order valence-corrected chi connectivity index (χ4v) is 2.79. The zero-order valence-corrected chi connectivity index (χ0v) is 15.3. The molecule has 1 aliphatic heterocycles. The third-order valence-electron chi connectivity index (χ3n) is 3.87. The second-order valence-electron chi connectivity index (χ2n) is 6.49. The molecule has 1 aliphatic rings. The molecule has 0 aromatic rings. The molecule has 0 radical (unpaired) electrons. The molecule has 6 heteroatoms. The molecule has 1 rings (SSSR count). The molecule has 0 aromatic carbocycles. The van der Waals surface area contributed by atoms with Crippen molar-refractivity contribution in [1.29, 1.82) is 0 Å². The molecule has 23 heavy (non-hydrogen) atoms. The monoisotopic (exact) mass is 325 g/mol. The standard InChI is InChI=1S/C17H35N5O/c1-5-11-22-12-8-15(9-13-22)21-17(18-6-2)19-10-7-16(23)20-14(3)4/h14-15H,5-13H2,1-4H3,(H,20,23)(H2,18,19,21). The first kappa shape index (κ1) is 19.7. The zero-order chi connectivity index (χ0) is 17.1. The van der Waals surface area contributed by atoms with Gasteiger partial charge in [-0.15, -0.1) is 0 Å². The summed E-state index contributed by atoms with van der Waals surface area (Å²) < 4.78 is 0. The third kappa shape index (κ3) is 8.79. The first-order valence-corrected chi connectivity index (χ1v) is 9.11. The maximum Gasteiger partial charge on any atom is 0.222 e. The normalized spacial score (nSPS) is 17.3. The van der Waals surface area contributed by atoms with Gasteiger partial charge in [-0.1, -0.05) is 6.92 Å². The fraction of sp³-hybridized carbons (Fsp3) is 0.882. The molecule has 0 atom stereocenters. The predicted octanol–water partition coefficient (Wildman–Crippen LogP) is 1.33. The lowest BCUT2D eigenvalue weighted by atomic mass is 10.1. The Morgan fingerprint density at radius 3 is 2.52 bits per heavy atom. The second kappa shape index (κ2) is 11.3. The Morgan fingerprint density at radius 1 is 1.26 bits per heavy atom. The number of guanidine groups is 1. The first-order valence-electron chi connectivity index (χ1n) is 9.11. The zero-order valence-electron chi connectivity index (χ0n) is 15.3. The summed E-state index contributed by atoms with van der Waals surface area (Å²) in [5.41, 5.74) is 0. The van der Waals surface area contributed by atoms with Crippen LogP contribution in [-0.2, 0) is 4.79 Å². The number of nitrogens with one attached hydrogen (secondary N) is 3. The van der Waals surface area contributed by atoms with Gasteiger partial charge in [0, 0.05) is 38.1 Å². The van der Waals surface area contributed by atoms with Gasteiger partial charge >= 0.3 is 0 Å². The van der Waals surface area contributed by atoms with Gasteiger partial charge in [0.05, 0.1) is 6.54 Å². The molecule has 6 nitrogen and oxygen atoms in total. The van der Waals surface area contributed by atoms with E-state index in [9.17, 15) is 4.79 Å². The van der Waals surface area contributed by atoms with E-state index >= 15 is 0 Å². The highest BCUT2D eigenvalue weighted by molar-refractivity contribution is 5.81. The maximum absolute atomic E-state index is 11.7. The Balaban J connectivity index is 2.36. The van der Waals surface area contributed by atoms with Gasteiger partial charge in [0.1, 0.15) is 0 Å². The van der Waals surface area contributed by atoms with Gasteiger partial charge < -0.3 is 20.9 Å². The summed E-state index contributed by atoms with van der Waals surface area (Å²) in [7, 11) is 0. The number of hydrogen-bond donors (Lipinski definition) is 3. The SMILES string of the molecule is CCCN1CCC(NC(=NCCC(=O)NC(C)C)NCC)CC1. The van der Waals surface area contributed by atoms with Crippen molar-refractivity contribution in [3.63, 3.8) is 0 Å². The van der Waals surface area contributed by atoms with E-state index in [4.69, 9.17) is 0 Å². The van der Waals surface area contributed by atoms with E-state index in [1.54, 1.807) is 0 Å². The van der Waals surface area contributed by atoms with Gasteiger partial charge in [-0.25, -0.2) is 0 Å². The molecular formula is C17H35N5O. The summed E-state index contributed by atoms with van der Waals surface area (Å²) in [5.74, 6) is 0.895. The summed E-state index contributed by atoms with van der Waals surface area (Å²) in [6.45, 7) is 13.1. The van der Waals surface area contributed by atoms with E-state index in [1.165, 1.54) is 13.0 Å². The maximum atomic E-state index is 11.7. The molecular weight excluding hydrogens is 290 g/mol. The van der Waals surface area contributed by atoms with Crippen molar-refractivity contribution in [3.05, 3.63) is 0 Å². The van der Waals surface area contributed by atoms with Gasteiger partial charge in [-0.3, -0.25) is 9.79 Å². The van der Waals surface area contributed by atoms with E-state index in [1.807, 2.05) is 13.8 Å². The van der Waals surface area contributed by atoms with Gasteiger partial charge in [-0.05, 0) is 46.6 Å². The van der Waals surface area contributed by atoms with Crippen LogP contribution in [0.1, 0.15) is 53.4 Å². The van der Waals surface area contributed by atoms with Crippen LogP contribution < -0.4 is 16.0 Å². The average Bonchev–Trinajstić information content (AvgIpc) is 2.49. The third-order valence-corrected chi connectivity index (χ3v) is 3.87. The van der Waals surface area contributed by atoms with Crippen LogP contribution in [0.15, 0.2) is 4.99 Å². The van der Waals surface area contributed by atoms with E-state index in [-0.39, 0.29) is 11.9 Å². The topological polar surface area (TPSA) is 68.8 Å². The number of likely N-dealkylation sites (tertiary alicyclic amines) is 1. The van der Waals surface area contributed by atoms with Crippen LogP contribution in [-0.4, -0.2) is 61.6 Å². The van der Waals surface area contributed by atoms with Crippen LogP contribution in [0.4, 0.5) is 0 Å². The molecule has 3 N–H and O–H groups in total. The lowest BCUT2D eigenvalue weighted by Crippen LogP contribution is -2.48. The van der Waals surface area contributed by atoms with Crippen molar-refractivity contribution in [2.24, 2.45) is 4.99 Å². The summed E-state index contributed by atoms with van der Waals surface area (Å²) >= 11 is 0. The van der Waals surface area contributed by atoms with Gasteiger partial charge in [0.25, 0.3) is 0 Å². The lowest BCUT2D eigenvalue weighted by Gasteiger charge is -2.32. The molecule has 1 fully saturated rings. The van der Waals surface area contributed by atoms with Crippen LogP contribution in [0.2, 0.25) is 0 Å². The van der Waals surface area contributed by atoms with Crippen molar-refractivity contribution >= 4 is 11.9 Å². The molecule has 0 bridgehead atoms. The van der Waals surface area contributed by atoms with Crippen LogP contribution in [0.25, 0.3) is 0 Å². The lowest BCUT2D eigenvalue weighted by molar-refractivity contribution is -0.121. The number of nitrogens with zero attached hydrogens (tertiary/aromatic N) is 2. The van der Waals surface area contributed by atoms with Crippen LogP contribution in [0.5, 0.6) is 0 Å².